The lowest BCUT2D eigenvalue weighted by atomic mass is 10.1. The van der Waals surface area contributed by atoms with E-state index in [9.17, 15) is 0 Å². The molecular formula is C7H11Cl3N2O. The van der Waals surface area contributed by atoms with Crippen LogP contribution < -0.4 is 5.73 Å². The van der Waals surface area contributed by atoms with Crippen LogP contribution in [0.15, 0.2) is 18.3 Å². The van der Waals surface area contributed by atoms with Gasteiger partial charge in [-0.15, -0.1) is 24.8 Å². The van der Waals surface area contributed by atoms with Gasteiger partial charge >= 0.3 is 0 Å². The van der Waals surface area contributed by atoms with Gasteiger partial charge in [-0.05, 0) is 11.6 Å². The van der Waals surface area contributed by atoms with Crippen molar-refractivity contribution in [3.05, 3.63) is 29.0 Å². The van der Waals surface area contributed by atoms with Crippen molar-refractivity contribution in [1.29, 1.82) is 0 Å². The molecule has 0 aromatic carbocycles. The lowest BCUT2D eigenvalue weighted by Crippen LogP contribution is -2.14. The van der Waals surface area contributed by atoms with Gasteiger partial charge in [-0.25, -0.2) is 4.98 Å². The zero-order valence-electron chi connectivity index (χ0n) is 6.68. The molecule has 1 rings (SSSR count). The highest BCUT2D eigenvalue weighted by atomic mass is 35.5. The maximum atomic E-state index is 8.67. The van der Waals surface area contributed by atoms with Gasteiger partial charge < -0.3 is 10.8 Å². The molecule has 1 heterocycles. The second-order valence-corrected chi connectivity index (χ2v) is 2.59. The van der Waals surface area contributed by atoms with E-state index in [0.29, 0.717) is 5.15 Å². The maximum absolute atomic E-state index is 8.67. The Balaban J connectivity index is 0. The van der Waals surface area contributed by atoms with Crippen molar-refractivity contribution >= 4 is 36.4 Å². The summed E-state index contributed by atoms with van der Waals surface area (Å²) in [6, 6.07) is 3.03. The second-order valence-electron chi connectivity index (χ2n) is 2.20. The number of aromatic nitrogens is 1. The van der Waals surface area contributed by atoms with Crippen molar-refractivity contribution in [2.75, 3.05) is 6.61 Å². The third-order valence-corrected chi connectivity index (χ3v) is 1.60. The number of hydrogen-bond acceptors (Lipinski definition) is 3. The molecule has 0 saturated heterocycles. The summed E-state index contributed by atoms with van der Waals surface area (Å²) >= 11 is 5.55. The van der Waals surface area contributed by atoms with E-state index < -0.39 is 0 Å². The SMILES string of the molecule is Cl.Cl.NC(CO)c1ccc(Cl)nc1. The summed E-state index contributed by atoms with van der Waals surface area (Å²) in [5.41, 5.74) is 6.30. The number of pyridine rings is 1. The van der Waals surface area contributed by atoms with Gasteiger partial charge in [0.1, 0.15) is 5.15 Å². The van der Waals surface area contributed by atoms with Gasteiger partial charge in [-0.1, -0.05) is 17.7 Å². The van der Waals surface area contributed by atoms with Crippen LogP contribution in [0.25, 0.3) is 0 Å². The molecule has 3 N–H and O–H groups in total. The van der Waals surface area contributed by atoms with E-state index in [1.54, 1.807) is 18.3 Å². The molecule has 6 heteroatoms. The first kappa shape index (κ1) is 15.4. The van der Waals surface area contributed by atoms with E-state index in [0.717, 1.165) is 5.56 Å². The predicted octanol–water partition coefficient (Wildman–Crippen LogP) is 1.57. The van der Waals surface area contributed by atoms with Crippen LogP contribution in [0.2, 0.25) is 5.15 Å². The van der Waals surface area contributed by atoms with Gasteiger partial charge in [0.25, 0.3) is 0 Å². The Bertz CT molecular complexity index is 230. The van der Waals surface area contributed by atoms with Crippen LogP contribution in [0.4, 0.5) is 0 Å². The lowest BCUT2D eigenvalue weighted by Gasteiger charge is -2.06. The van der Waals surface area contributed by atoms with Crippen LogP contribution >= 0.6 is 36.4 Å². The minimum Gasteiger partial charge on any atom is -0.394 e. The lowest BCUT2D eigenvalue weighted by molar-refractivity contribution is 0.268. The van der Waals surface area contributed by atoms with Gasteiger partial charge in [0.15, 0.2) is 0 Å². The highest BCUT2D eigenvalue weighted by Crippen LogP contribution is 2.10. The first-order valence-electron chi connectivity index (χ1n) is 3.22. The monoisotopic (exact) mass is 244 g/mol. The van der Waals surface area contributed by atoms with Crippen LogP contribution in [0.3, 0.4) is 0 Å². The molecule has 3 nitrogen and oxygen atoms in total. The zero-order valence-corrected chi connectivity index (χ0v) is 9.07. The van der Waals surface area contributed by atoms with E-state index in [4.69, 9.17) is 22.4 Å². The minimum atomic E-state index is -0.361. The van der Waals surface area contributed by atoms with Gasteiger partial charge in [0.05, 0.1) is 12.6 Å². The summed E-state index contributed by atoms with van der Waals surface area (Å²) in [5, 5.41) is 9.10. The van der Waals surface area contributed by atoms with Crippen LogP contribution in [0.5, 0.6) is 0 Å². The molecular weight excluding hydrogens is 234 g/mol. The molecule has 0 radical (unpaired) electrons. The molecule has 1 unspecified atom stereocenters. The highest BCUT2D eigenvalue weighted by molar-refractivity contribution is 6.29. The third kappa shape index (κ3) is 4.64. The molecule has 0 fully saturated rings. The molecule has 0 amide bonds. The summed E-state index contributed by atoms with van der Waals surface area (Å²) < 4.78 is 0. The quantitative estimate of drug-likeness (QED) is 0.778. The van der Waals surface area contributed by atoms with E-state index in [1.807, 2.05) is 0 Å². The standard InChI is InChI=1S/C7H9ClN2O.2ClH/c8-7-2-1-5(3-10-7)6(9)4-11;;/h1-3,6,11H,4,9H2;2*1H. The first-order valence-corrected chi connectivity index (χ1v) is 3.59. The summed E-state index contributed by atoms with van der Waals surface area (Å²) in [7, 11) is 0. The average molecular weight is 246 g/mol. The molecule has 13 heavy (non-hydrogen) atoms. The van der Waals surface area contributed by atoms with Crippen molar-refractivity contribution in [1.82, 2.24) is 4.98 Å². The average Bonchev–Trinajstić information content (AvgIpc) is 2.05. The molecule has 1 aromatic rings. The number of aliphatic hydroxyl groups excluding tert-OH is 1. The summed E-state index contributed by atoms with van der Waals surface area (Å²) in [5.74, 6) is 0. The van der Waals surface area contributed by atoms with Crippen molar-refractivity contribution in [2.45, 2.75) is 6.04 Å². The fourth-order valence-corrected chi connectivity index (χ4v) is 0.824. The first-order chi connectivity index (χ1) is 5.24. The summed E-state index contributed by atoms with van der Waals surface area (Å²) in [6.45, 7) is -0.0800. The molecule has 0 spiro atoms. The van der Waals surface area contributed by atoms with E-state index in [1.165, 1.54) is 0 Å². The normalized spacial score (nSPS) is 11.0. The third-order valence-electron chi connectivity index (χ3n) is 1.38. The van der Waals surface area contributed by atoms with E-state index in [2.05, 4.69) is 4.98 Å². The zero-order chi connectivity index (χ0) is 8.27. The van der Waals surface area contributed by atoms with Crippen molar-refractivity contribution in [3.8, 4) is 0 Å². The number of hydrogen-bond donors (Lipinski definition) is 2. The Labute approximate surface area is 94.1 Å². The summed E-state index contributed by atoms with van der Waals surface area (Å²) in [4.78, 5) is 3.82. The van der Waals surface area contributed by atoms with Crippen LogP contribution in [-0.4, -0.2) is 16.7 Å². The number of aliphatic hydroxyl groups is 1. The van der Waals surface area contributed by atoms with Gasteiger partial charge in [-0.3, -0.25) is 0 Å². The molecule has 1 aromatic heterocycles. The second kappa shape index (κ2) is 7.35. The maximum Gasteiger partial charge on any atom is 0.129 e. The fraction of sp³-hybridized carbons (Fsp3) is 0.286. The predicted molar refractivity (Wildman–Crippen MR) is 57.8 cm³/mol. The number of nitrogens with two attached hydrogens (primary N) is 1. The number of halogens is 3. The Morgan fingerprint density at radius 1 is 1.46 bits per heavy atom. The molecule has 0 aliphatic heterocycles. The largest absolute Gasteiger partial charge is 0.394 e. The van der Waals surface area contributed by atoms with E-state index in [-0.39, 0.29) is 37.5 Å². The topological polar surface area (TPSA) is 59.1 Å². The molecule has 0 aliphatic carbocycles. The fourth-order valence-electron chi connectivity index (χ4n) is 0.712. The Morgan fingerprint density at radius 2 is 2.08 bits per heavy atom. The molecule has 0 saturated carbocycles. The summed E-state index contributed by atoms with van der Waals surface area (Å²) in [6.07, 6.45) is 1.56. The van der Waals surface area contributed by atoms with Crippen molar-refractivity contribution < 1.29 is 5.11 Å². The van der Waals surface area contributed by atoms with Crippen molar-refractivity contribution in [3.63, 3.8) is 0 Å². The Kier molecular flexibility index (Phi) is 8.72. The molecule has 0 bridgehead atoms. The Morgan fingerprint density at radius 3 is 2.46 bits per heavy atom. The number of rotatable bonds is 2. The highest BCUT2D eigenvalue weighted by Gasteiger charge is 2.02. The van der Waals surface area contributed by atoms with Crippen LogP contribution in [0, 0.1) is 0 Å². The number of nitrogens with zero attached hydrogens (tertiary/aromatic N) is 1. The Hall–Kier alpha value is -0.0600. The minimum absolute atomic E-state index is 0. The van der Waals surface area contributed by atoms with E-state index >= 15 is 0 Å². The van der Waals surface area contributed by atoms with Gasteiger partial charge in [0, 0.05) is 6.20 Å². The molecule has 1 atom stereocenters. The van der Waals surface area contributed by atoms with Gasteiger partial charge in [-0.2, -0.15) is 0 Å². The van der Waals surface area contributed by atoms with Gasteiger partial charge in [0.2, 0.25) is 0 Å². The van der Waals surface area contributed by atoms with Crippen LogP contribution in [0.1, 0.15) is 11.6 Å². The van der Waals surface area contributed by atoms with Crippen molar-refractivity contribution in [2.24, 2.45) is 5.73 Å². The molecule has 76 valence electrons. The smallest absolute Gasteiger partial charge is 0.129 e. The molecule has 0 aliphatic rings. The van der Waals surface area contributed by atoms with Crippen LogP contribution in [-0.2, 0) is 0 Å².